The fraction of sp³-hybridized carbons (Fsp3) is 0.552. The van der Waals surface area contributed by atoms with E-state index in [0.717, 1.165) is 0 Å². The zero-order chi connectivity index (χ0) is 49.4. The first-order valence-electron chi connectivity index (χ1n) is 14.7. The van der Waals surface area contributed by atoms with Gasteiger partial charge in [0, 0.05) is 11.1 Å². The lowest BCUT2D eigenvalue weighted by Crippen LogP contribution is -2.73. The molecule has 0 atom stereocenters. The number of carbonyl (C=O) groups excluding carboxylic acids is 1. The molecule has 2 aromatic carbocycles. The van der Waals surface area contributed by atoms with Crippen LogP contribution in [0.5, 0.6) is 11.5 Å². The first-order chi connectivity index (χ1) is 27.0. The van der Waals surface area contributed by atoms with Crippen LogP contribution in [0.15, 0.2) is 48.5 Å². The van der Waals surface area contributed by atoms with Crippen molar-refractivity contribution in [2.45, 2.75) is 83.4 Å². The lowest BCUT2D eigenvalue weighted by Gasteiger charge is -2.41. The van der Waals surface area contributed by atoms with Crippen molar-refractivity contribution in [2.75, 3.05) is 13.2 Å². The van der Waals surface area contributed by atoms with Crippen molar-refractivity contribution in [1.29, 1.82) is 0 Å². The Labute approximate surface area is 320 Å². The van der Waals surface area contributed by atoms with E-state index in [4.69, 9.17) is 0 Å². The molecule has 0 saturated heterocycles. The molecule has 356 valence electrons. The summed E-state index contributed by atoms with van der Waals surface area (Å²) in [6, 6.07) is 2.77. The molecule has 0 aliphatic carbocycles. The Bertz CT molecular complexity index is 1760. The Balaban J connectivity index is 2.23. The normalized spacial score (nSPS) is 15.5. The van der Waals surface area contributed by atoms with Crippen molar-refractivity contribution in [3.8, 4) is 11.5 Å². The van der Waals surface area contributed by atoms with Crippen LogP contribution >= 0.6 is 0 Å². The van der Waals surface area contributed by atoms with E-state index in [1.807, 2.05) is 0 Å². The Morgan fingerprint density at radius 2 is 0.500 bits per heavy atom. The molecule has 0 radical (unpaired) electrons. The van der Waals surface area contributed by atoms with Gasteiger partial charge in [0.25, 0.3) is 0 Å². The van der Waals surface area contributed by atoms with E-state index in [9.17, 15) is 137 Å². The molecule has 0 aliphatic heterocycles. The number of ketones is 1. The summed E-state index contributed by atoms with van der Waals surface area (Å²) < 4.78 is 408. The molecular weight excluding hydrogens is 966 g/mol. The third-order valence-electron chi connectivity index (χ3n) is 7.86. The highest BCUT2D eigenvalue weighted by Crippen LogP contribution is 2.64. The fourth-order valence-corrected chi connectivity index (χ4v) is 4.10. The van der Waals surface area contributed by atoms with Crippen LogP contribution in [-0.4, -0.2) is 102 Å². The van der Waals surface area contributed by atoms with E-state index >= 15 is 0 Å². The highest BCUT2D eigenvalue weighted by Gasteiger charge is 2.95. The maximum atomic E-state index is 14.1. The summed E-state index contributed by atoms with van der Waals surface area (Å²) in [5, 5.41) is 0. The van der Waals surface area contributed by atoms with Gasteiger partial charge in [0.05, 0.1) is 0 Å². The molecule has 0 saturated carbocycles. The lowest BCUT2D eigenvalue weighted by atomic mass is 9.91. The van der Waals surface area contributed by atoms with Crippen molar-refractivity contribution in [1.82, 2.24) is 0 Å². The molecule has 0 heterocycles. The Morgan fingerprint density at radius 1 is 0.306 bits per heavy atom. The van der Waals surface area contributed by atoms with Crippen LogP contribution in [0.2, 0.25) is 0 Å². The number of benzene rings is 2. The maximum Gasteiger partial charge on any atom is 0.460 e. The number of alkyl halides is 30. The molecule has 0 aliphatic rings. The first kappa shape index (κ1) is 53.7. The van der Waals surface area contributed by atoms with Gasteiger partial charge >= 0.3 is 83.4 Å². The van der Waals surface area contributed by atoms with Gasteiger partial charge in [-0.25, -0.2) is 0 Å². The van der Waals surface area contributed by atoms with Crippen LogP contribution in [0, 0.1) is 0 Å². The predicted molar refractivity (Wildman–Crippen MR) is 139 cm³/mol. The van der Waals surface area contributed by atoms with Crippen LogP contribution in [-0.2, 0) is 0 Å². The largest absolute Gasteiger partial charge is 0.487 e. The van der Waals surface area contributed by atoms with Gasteiger partial charge in [-0.05, 0) is 48.5 Å². The number of hydrogen-bond acceptors (Lipinski definition) is 3. The third-order valence-corrected chi connectivity index (χ3v) is 7.86. The second kappa shape index (κ2) is 15.4. The molecule has 3 nitrogen and oxygen atoms in total. The summed E-state index contributed by atoms with van der Waals surface area (Å²) in [5.74, 6) is -101. The molecule has 0 fully saturated rings. The van der Waals surface area contributed by atoms with Gasteiger partial charge in [0.2, 0.25) is 0 Å². The smallest absolute Gasteiger partial charge is 0.460 e. The number of ether oxygens (including phenoxy) is 2. The monoisotopic (exact) mass is 978 g/mol. The maximum absolute atomic E-state index is 14.1. The van der Waals surface area contributed by atoms with Gasteiger partial charge in [0.15, 0.2) is 19.0 Å². The number of rotatable bonds is 18. The Kier molecular flexibility index (Phi) is 13.4. The zero-order valence-electron chi connectivity index (χ0n) is 28.1. The molecule has 62 heavy (non-hydrogen) atoms. The summed E-state index contributed by atoms with van der Waals surface area (Å²) >= 11 is 0. The Morgan fingerprint density at radius 3 is 0.710 bits per heavy atom. The van der Waals surface area contributed by atoms with Crippen molar-refractivity contribution >= 4 is 5.78 Å². The van der Waals surface area contributed by atoms with Crippen LogP contribution in [0.3, 0.4) is 0 Å². The van der Waals surface area contributed by atoms with Crippen molar-refractivity contribution in [3.63, 3.8) is 0 Å². The van der Waals surface area contributed by atoms with E-state index in [0.29, 0.717) is 24.3 Å². The molecule has 2 rings (SSSR count). The molecule has 0 amide bonds. The highest BCUT2D eigenvalue weighted by atomic mass is 19.4. The minimum atomic E-state index is -8.57. The number of carbonyl (C=O) groups is 1. The van der Waals surface area contributed by atoms with Crippen LogP contribution in [0.25, 0.3) is 0 Å². The van der Waals surface area contributed by atoms with Gasteiger partial charge < -0.3 is 9.47 Å². The van der Waals surface area contributed by atoms with Crippen LogP contribution in [0.4, 0.5) is 132 Å². The second-order valence-corrected chi connectivity index (χ2v) is 12.1. The van der Waals surface area contributed by atoms with Crippen LogP contribution in [0.1, 0.15) is 15.9 Å². The van der Waals surface area contributed by atoms with E-state index in [2.05, 4.69) is 9.47 Å². The highest BCUT2D eigenvalue weighted by molar-refractivity contribution is 6.09. The van der Waals surface area contributed by atoms with Crippen molar-refractivity contribution in [3.05, 3.63) is 59.7 Å². The third kappa shape index (κ3) is 8.04. The second-order valence-electron chi connectivity index (χ2n) is 12.1. The predicted octanol–water partition coefficient (Wildman–Crippen LogP) is 12.4. The average Bonchev–Trinajstić information content (AvgIpc) is 3.11. The van der Waals surface area contributed by atoms with Gasteiger partial charge in [-0.15, -0.1) is 0 Å². The molecule has 0 aromatic heterocycles. The van der Waals surface area contributed by atoms with Crippen molar-refractivity contribution < 1.29 is 146 Å². The van der Waals surface area contributed by atoms with Gasteiger partial charge in [-0.2, -0.15) is 132 Å². The quantitative estimate of drug-likeness (QED) is 0.110. The summed E-state index contributed by atoms with van der Waals surface area (Å²) in [4.78, 5) is 12.6. The van der Waals surface area contributed by atoms with Crippen molar-refractivity contribution in [2.24, 2.45) is 0 Å². The lowest BCUT2D eigenvalue weighted by molar-refractivity contribution is -0.453. The minimum absolute atomic E-state index is 0.269. The first-order valence-corrected chi connectivity index (χ1v) is 14.7. The van der Waals surface area contributed by atoms with Crippen LogP contribution < -0.4 is 9.47 Å². The summed E-state index contributed by atoms with van der Waals surface area (Å²) in [6.45, 7) is -6.54. The fourth-order valence-electron chi connectivity index (χ4n) is 4.10. The summed E-state index contributed by atoms with van der Waals surface area (Å²) in [7, 11) is 0. The number of hydrogen-bond donors (Lipinski definition) is 0. The van der Waals surface area contributed by atoms with Gasteiger partial charge in [0.1, 0.15) is 11.5 Å². The average molecular weight is 978 g/mol. The minimum Gasteiger partial charge on any atom is -0.487 e. The molecule has 33 heteroatoms. The van der Waals surface area contributed by atoms with Gasteiger partial charge in [-0.1, -0.05) is 0 Å². The molecule has 0 unspecified atom stereocenters. The SMILES string of the molecule is O=C(c1ccc(OCC(F)(F)C(F)(F)C(F)(F)C(F)(F)C(F)(F)C(F)(F)C(F)(F)F)cc1)c1ccc(OCC(F)(F)C(F)(F)C(F)(F)C(F)(F)C(F)(F)C(F)(F)C(F)(F)F)cc1. The summed E-state index contributed by atoms with van der Waals surface area (Å²) in [5.41, 5.74) is -1.44. The molecule has 2 aromatic rings. The molecule has 0 spiro atoms. The van der Waals surface area contributed by atoms with E-state index in [1.165, 1.54) is 0 Å². The van der Waals surface area contributed by atoms with E-state index < -0.39 is 125 Å². The van der Waals surface area contributed by atoms with Gasteiger partial charge in [-0.3, -0.25) is 4.79 Å². The molecule has 0 bridgehead atoms. The topological polar surface area (TPSA) is 35.5 Å². The van der Waals surface area contributed by atoms with E-state index in [1.54, 1.807) is 0 Å². The number of halogens is 30. The standard InChI is InChI=1S/C29H12F30O3/c30-16(31,18(34,35)20(38,39)22(42,43)24(46,47)26(50,51)28(54,55)56)9-61-13-5-1-11(2-6-13)15(60)12-3-7-14(8-4-12)62-10-17(32,33)19(36,37)21(40,41)23(44,45)25(48,49)27(52,53)29(57,58)59/h1-8H,9-10H2. The molecular formula is C29H12F30O3. The molecule has 0 N–H and O–H groups in total. The zero-order valence-corrected chi connectivity index (χ0v) is 28.1. The summed E-state index contributed by atoms with van der Waals surface area (Å²) in [6.07, 6.45) is -15.7. The Hall–Kier alpha value is -4.39. The van der Waals surface area contributed by atoms with E-state index in [-0.39, 0.29) is 24.3 Å².